The van der Waals surface area contributed by atoms with E-state index >= 15 is 0 Å². The monoisotopic (exact) mass is 217 g/mol. The minimum absolute atomic E-state index is 0.400. The Morgan fingerprint density at radius 1 is 1.31 bits per heavy atom. The summed E-state index contributed by atoms with van der Waals surface area (Å²) < 4.78 is 0. The smallest absolute Gasteiger partial charge is 0.000793 e. The van der Waals surface area contributed by atoms with E-state index in [2.05, 4.69) is 39.8 Å². The van der Waals surface area contributed by atoms with E-state index in [0.717, 1.165) is 6.54 Å². The van der Waals surface area contributed by atoms with Crippen LogP contribution < -0.4 is 5.73 Å². The molecule has 0 radical (unpaired) electrons. The van der Waals surface area contributed by atoms with Crippen LogP contribution in [0.25, 0.3) is 0 Å². The molecule has 1 aliphatic rings. The fourth-order valence-electron chi connectivity index (χ4n) is 3.17. The van der Waals surface area contributed by atoms with Gasteiger partial charge in [-0.25, -0.2) is 0 Å². The molecule has 2 rings (SSSR count). The van der Waals surface area contributed by atoms with E-state index in [-0.39, 0.29) is 0 Å². The molecular formula is C15H23N. The van der Waals surface area contributed by atoms with Gasteiger partial charge in [0.25, 0.3) is 0 Å². The highest BCUT2D eigenvalue weighted by molar-refractivity contribution is 5.43. The molecule has 2 N–H and O–H groups in total. The minimum Gasteiger partial charge on any atom is -0.330 e. The third-order valence-electron chi connectivity index (χ3n) is 3.83. The fourth-order valence-corrected chi connectivity index (χ4v) is 3.17. The Labute approximate surface area is 99.0 Å². The van der Waals surface area contributed by atoms with Gasteiger partial charge in [-0.05, 0) is 61.3 Å². The maximum atomic E-state index is 5.94. The van der Waals surface area contributed by atoms with Crippen LogP contribution in [-0.2, 0) is 6.42 Å². The molecule has 16 heavy (non-hydrogen) atoms. The Morgan fingerprint density at radius 2 is 2.00 bits per heavy atom. The summed E-state index contributed by atoms with van der Waals surface area (Å²) in [6.45, 7) is 9.91. The van der Waals surface area contributed by atoms with Gasteiger partial charge in [-0.1, -0.05) is 31.5 Å². The minimum atomic E-state index is 0.400. The number of benzene rings is 1. The SMILES string of the molecule is Cc1cc(C)c2c(c1)C(CN)CC(C)(C)C2. The summed E-state index contributed by atoms with van der Waals surface area (Å²) in [7, 11) is 0. The van der Waals surface area contributed by atoms with Gasteiger partial charge in [-0.3, -0.25) is 0 Å². The number of hydrogen-bond acceptors (Lipinski definition) is 1. The fraction of sp³-hybridized carbons (Fsp3) is 0.600. The molecule has 0 aliphatic heterocycles. The van der Waals surface area contributed by atoms with Gasteiger partial charge in [0.1, 0.15) is 0 Å². The van der Waals surface area contributed by atoms with Gasteiger partial charge in [0, 0.05) is 0 Å². The number of fused-ring (bicyclic) bond motifs is 1. The maximum Gasteiger partial charge on any atom is -0.000793 e. The molecule has 1 aliphatic carbocycles. The average Bonchev–Trinajstić information content (AvgIpc) is 2.18. The van der Waals surface area contributed by atoms with Gasteiger partial charge in [-0.15, -0.1) is 0 Å². The van der Waals surface area contributed by atoms with E-state index in [1.165, 1.54) is 29.5 Å². The van der Waals surface area contributed by atoms with Crippen molar-refractivity contribution in [2.75, 3.05) is 6.54 Å². The van der Waals surface area contributed by atoms with Crippen LogP contribution in [0.1, 0.15) is 48.4 Å². The van der Waals surface area contributed by atoms with E-state index in [0.29, 0.717) is 11.3 Å². The first-order valence-electron chi connectivity index (χ1n) is 6.23. The summed E-state index contributed by atoms with van der Waals surface area (Å²) in [5.41, 5.74) is 12.2. The molecule has 0 saturated heterocycles. The number of hydrogen-bond donors (Lipinski definition) is 1. The normalized spacial score (nSPS) is 22.9. The van der Waals surface area contributed by atoms with Crippen molar-refractivity contribution in [1.29, 1.82) is 0 Å². The van der Waals surface area contributed by atoms with E-state index < -0.39 is 0 Å². The summed E-state index contributed by atoms with van der Waals surface area (Å²) in [4.78, 5) is 0. The first kappa shape index (κ1) is 11.7. The lowest BCUT2D eigenvalue weighted by atomic mass is 9.68. The first-order valence-corrected chi connectivity index (χ1v) is 6.23. The Bertz CT molecular complexity index is 404. The van der Waals surface area contributed by atoms with Crippen LogP contribution in [-0.4, -0.2) is 6.54 Å². The average molecular weight is 217 g/mol. The molecule has 1 nitrogen and oxygen atoms in total. The van der Waals surface area contributed by atoms with Crippen LogP contribution in [0, 0.1) is 19.3 Å². The van der Waals surface area contributed by atoms with Crippen molar-refractivity contribution in [1.82, 2.24) is 0 Å². The van der Waals surface area contributed by atoms with Crippen molar-refractivity contribution < 1.29 is 0 Å². The number of aryl methyl sites for hydroxylation is 2. The van der Waals surface area contributed by atoms with Gasteiger partial charge in [-0.2, -0.15) is 0 Å². The number of rotatable bonds is 1. The second kappa shape index (κ2) is 3.89. The summed E-state index contributed by atoms with van der Waals surface area (Å²) in [6.07, 6.45) is 2.42. The van der Waals surface area contributed by atoms with Crippen molar-refractivity contribution in [2.45, 2.75) is 46.5 Å². The predicted octanol–water partition coefficient (Wildman–Crippen LogP) is 3.32. The van der Waals surface area contributed by atoms with Gasteiger partial charge >= 0.3 is 0 Å². The number of nitrogens with two attached hydrogens (primary N) is 1. The van der Waals surface area contributed by atoms with E-state index in [4.69, 9.17) is 5.73 Å². The second-order valence-corrected chi connectivity index (χ2v) is 6.13. The van der Waals surface area contributed by atoms with Crippen molar-refractivity contribution in [2.24, 2.45) is 11.1 Å². The third-order valence-corrected chi connectivity index (χ3v) is 3.83. The molecule has 1 unspecified atom stereocenters. The van der Waals surface area contributed by atoms with Crippen LogP contribution in [0.15, 0.2) is 12.1 Å². The van der Waals surface area contributed by atoms with Gasteiger partial charge in [0.2, 0.25) is 0 Å². The first-order chi connectivity index (χ1) is 7.43. The molecule has 1 atom stereocenters. The third kappa shape index (κ3) is 2.01. The van der Waals surface area contributed by atoms with Gasteiger partial charge in [0.15, 0.2) is 0 Å². The lowest BCUT2D eigenvalue weighted by Gasteiger charge is -2.37. The largest absolute Gasteiger partial charge is 0.330 e. The zero-order valence-corrected chi connectivity index (χ0v) is 10.9. The molecule has 88 valence electrons. The molecule has 0 amide bonds. The predicted molar refractivity (Wildman–Crippen MR) is 69.8 cm³/mol. The molecule has 1 heteroatoms. The molecule has 0 spiro atoms. The Kier molecular flexibility index (Phi) is 2.83. The second-order valence-electron chi connectivity index (χ2n) is 6.13. The molecule has 0 saturated carbocycles. The lowest BCUT2D eigenvalue weighted by Crippen LogP contribution is -2.30. The van der Waals surface area contributed by atoms with E-state index in [1.54, 1.807) is 5.56 Å². The zero-order valence-electron chi connectivity index (χ0n) is 10.9. The van der Waals surface area contributed by atoms with Gasteiger partial charge in [0.05, 0.1) is 0 Å². The highest BCUT2D eigenvalue weighted by Gasteiger charge is 2.32. The molecule has 1 aromatic carbocycles. The highest BCUT2D eigenvalue weighted by atomic mass is 14.6. The van der Waals surface area contributed by atoms with Crippen molar-refractivity contribution in [3.8, 4) is 0 Å². The summed E-state index contributed by atoms with van der Waals surface area (Å²) in [5.74, 6) is 0.553. The molecule has 0 fully saturated rings. The van der Waals surface area contributed by atoms with Gasteiger partial charge < -0.3 is 5.73 Å². The molecule has 1 aromatic rings. The van der Waals surface area contributed by atoms with Crippen LogP contribution in [0.5, 0.6) is 0 Å². The van der Waals surface area contributed by atoms with E-state index in [9.17, 15) is 0 Å². The summed E-state index contributed by atoms with van der Waals surface area (Å²) >= 11 is 0. The van der Waals surface area contributed by atoms with Crippen molar-refractivity contribution in [3.05, 3.63) is 34.4 Å². The molecular weight excluding hydrogens is 194 g/mol. The topological polar surface area (TPSA) is 26.0 Å². The Morgan fingerprint density at radius 3 is 2.62 bits per heavy atom. The highest BCUT2D eigenvalue weighted by Crippen LogP contribution is 2.42. The van der Waals surface area contributed by atoms with Crippen LogP contribution in [0.3, 0.4) is 0 Å². The van der Waals surface area contributed by atoms with Crippen molar-refractivity contribution in [3.63, 3.8) is 0 Å². The van der Waals surface area contributed by atoms with Crippen LogP contribution in [0.4, 0.5) is 0 Å². The lowest BCUT2D eigenvalue weighted by molar-refractivity contribution is 0.282. The standard InChI is InChI=1S/C15H23N/c1-10-5-11(2)14-8-15(3,4)7-12(9-16)13(14)6-10/h5-6,12H,7-9,16H2,1-4H3. The Hall–Kier alpha value is -0.820. The zero-order chi connectivity index (χ0) is 11.9. The molecule has 0 aromatic heterocycles. The quantitative estimate of drug-likeness (QED) is 0.767. The maximum absolute atomic E-state index is 5.94. The summed E-state index contributed by atoms with van der Waals surface area (Å²) in [6, 6.07) is 4.64. The molecule has 0 bridgehead atoms. The van der Waals surface area contributed by atoms with Crippen LogP contribution in [0.2, 0.25) is 0 Å². The van der Waals surface area contributed by atoms with Crippen LogP contribution >= 0.6 is 0 Å². The van der Waals surface area contributed by atoms with E-state index in [1.807, 2.05) is 0 Å². The van der Waals surface area contributed by atoms with Crippen molar-refractivity contribution >= 4 is 0 Å². The molecule has 0 heterocycles. The Balaban J connectivity index is 2.54. The summed E-state index contributed by atoms with van der Waals surface area (Å²) in [5, 5.41) is 0.